The molecule has 0 saturated carbocycles. The maximum absolute atomic E-state index is 11.5. The monoisotopic (exact) mass is 446 g/mol. The predicted molar refractivity (Wildman–Crippen MR) is 114 cm³/mol. The summed E-state index contributed by atoms with van der Waals surface area (Å²) in [6, 6.07) is 14.9. The molecular formula is C25H18O8. The highest BCUT2D eigenvalue weighted by molar-refractivity contribution is 5.88. The number of carboxylic acid groups (broad SMARTS) is 1. The molecular weight excluding hydrogens is 428 g/mol. The molecule has 166 valence electrons. The van der Waals surface area contributed by atoms with Crippen molar-refractivity contribution in [2.24, 2.45) is 0 Å². The van der Waals surface area contributed by atoms with E-state index >= 15 is 0 Å². The van der Waals surface area contributed by atoms with Crippen molar-refractivity contribution in [3.8, 4) is 23.0 Å². The molecule has 1 N–H and O–H groups in total. The Balaban J connectivity index is 1.73. The third kappa shape index (κ3) is 3.32. The van der Waals surface area contributed by atoms with Crippen LogP contribution in [0.25, 0.3) is 0 Å². The molecule has 8 heteroatoms. The minimum Gasteiger partial charge on any atom is -0.478 e. The standard InChI is InChI=1S/C25H18O8/c1-13(26)31-17-4-7-20-22(10-17)33-23-11-18(32-14(2)27)5-8-21(23)25(20)19-6-3-15(24(28)29)9-16(19)12-30-25/h3-11H,12H2,1-2H3,(H,28,29). The number of hydrogen-bond acceptors (Lipinski definition) is 7. The van der Waals surface area contributed by atoms with E-state index < -0.39 is 23.5 Å². The molecule has 0 aromatic heterocycles. The van der Waals surface area contributed by atoms with Gasteiger partial charge in [0.2, 0.25) is 0 Å². The van der Waals surface area contributed by atoms with Crippen molar-refractivity contribution >= 4 is 17.9 Å². The number of esters is 2. The highest BCUT2D eigenvalue weighted by Gasteiger charge is 2.49. The van der Waals surface area contributed by atoms with Crippen LogP contribution in [0.1, 0.15) is 46.5 Å². The van der Waals surface area contributed by atoms with Gasteiger partial charge in [-0.05, 0) is 47.5 Å². The highest BCUT2D eigenvalue weighted by atomic mass is 16.5. The summed E-state index contributed by atoms with van der Waals surface area (Å²) < 4.78 is 22.9. The third-order valence-electron chi connectivity index (χ3n) is 5.58. The van der Waals surface area contributed by atoms with Crippen molar-refractivity contribution < 1.29 is 38.4 Å². The summed E-state index contributed by atoms with van der Waals surface area (Å²) in [4.78, 5) is 34.4. The van der Waals surface area contributed by atoms with E-state index in [1.165, 1.54) is 19.9 Å². The SMILES string of the molecule is CC(=O)Oc1ccc2c(c1)Oc1cc(OC(C)=O)ccc1C21OCc2cc(C(=O)O)ccc21. The van der Waals surface area contributed by atoms with Gasteiger partial charge in [0.05, 0.1) is 12.2 Å². The zero-order valence-electron chi connectivity index (χ0n) is 17.7. The number of ether oxygens (including phenoxy) is 4. The number of carbonyl (C=O) groups is 3. The number of carbonyl (C=O) groups excluding carboxylic acids is 2. The summed E-state index contributed by atoms with van der Waals surface area (Å²) in [5, 5.41) is 9.39. The minimum atomic E-state index is -1.08. The summed E-state index contributed by atoms with van der Waals surface area (Å²) in [6.45, 7) is 2.80. The molecule has 3 aromatic carbocycles. The average Bonchev–Trinajstić information content (AvgIpc) is 3.12. The normalized spacial score (nSPS) is 14.5. The zero-order valence-corrected chi connectivity index (χ0v) is 17.7. The lowest BCUT2D eigenvalue weighted by atomic mass is 9.77. The Morgan fingerprint density at radius 1 is 0.818 bits per heavy atom. The van der Waals surface area contributed by atoms with Crippen LogP contribution in [0.15, 0.2) is 54.6 Å². The molecule has 1 spiro atoms. The molecule has 2 heterocycles. The smallest absolute Gasteiger partial charge is 0.335 e. The number of carboxylic acids is 1. The van der Waals surface area contributed by atoms with Crippen molar-refractivity contribution in [2.45, 2.75) is 26.1 Å². The maximum atomic E-state index is 11.5. The van der Waals surface area contributed by atoms with Crippen LogP contribution >= 0.6 is 0 Å². The molecule has 0 bridgehead atoms. The number of fused-ring (bicyclic) bond motifs is 6. The summed E-state index contributed by atoms with van der Waals surface area (Å²) in [6.07, 6.45) is 0. The molecule has 2 aliphatic heterocycles. The van der Waals surface area contributed by atoms with Crippen LogP contribution in [0.3, 0.4) is 0 Å². The fourth-order valence-electron chi connectivity index (χ4n) is 4.38. The second kappa shape index (κ2) is 7.46. The van der Waals surface area contributed by atoms with Gasteiger partial charge in [-0.3, -0.25) is 9.59 Å². The first kappa shape index (κ1) is 20.7. The van der Waals surface area contributed by atoms with Gasteiger partial charge in [0.25, 0.3) is 0 Å². The van der Waals surface area contributed by atoms with Gasteiger partial charge in [-0.15, -0.1) is 0 Å². The van der Waals surface area contributed by atoms with E-state index in [9.17, 15) is 19.5 Å². The molecule has 0 radical (unpaired) electrons. The quantitative estimate of drug-likeness (QED) is 0.472. The fourth-order valence-corrected chi connectivity index (χ4v) is 4.38. The molecule has 2 aliphatic rings. The van der Waals surface area contributed by atoms with Gasteiger partial charge in [0.15, 0.2) is 5.60 Å². The fraction of sp³-hybridized carbons (Fsp3) is 0.160. The van der Waals surface area contributed by atoms with E-state index in [1.54, 1.807) is 48.5 Å². The van der Waals surface area contributed by atoms with Crippen LogP contribution in [0.2, 0.25) is 0 Å². The van der Waals surface area contributed by atoms with E-state index in [0.717, 1.165) is 11.1 Å². The minimum absolute atomic E-state index is 0.164. The van der Waals surface area contributed by atoms with Gasteiger partial charge in [0, 0.05) is 37.1 Å². The molecule has 0 amide bonds. The lowest BCUT2D eigenvalue weighted by molar-refractivity contribution is -0.132. The largest absolute Gasteiger partial charge is 0.478 e. The molecule has 8 nitrogen and oxygen atoms in total. The lowest BCUT2D eigenvalue weighted by Gasteiger charge is -2.37. The molecule has 0 fully saturated rings. The second-order valence-electron chi connectivity index (χ2n) is 7.75. The third-order valence-corrected chi connectivity index (χ3v) is 5.58. The molecule has 0 aliphatic carbocycles. The molecule has 0 unspecified atom stereocenters. The van der Waals surface area contributed by atoms with Gasteiger partial charge in [-0.1, -0.05) is 6.07 Å². The van der Waals surface area contributed by atoms with Crippen molar-refractivity contribution in [1.29, 1.82) is 0 Å². The van der Waals surface area contributed by atoms with Gasteiger partial charge in [0.1, 0.15) is 23.0 Å². The zero-order chi connectivity index (χ0) is 23.3. The Labute approximate surface area is 188 Å². The van der Waals surface area contributed by atoms with Crippen LogP contribution in [-0.4, -0.2) is 23.0 Å². The Morgan fingerprint density at radius 3 is 1.88 bits per heavy atom. The number of aromatic carboxylic acids is 1. The van der Waals surface area contributed by atoms with E-state index in [1.807, 2.05) is 0 Å². The summed E-state index contributed by atoms with van der Waals surface area (Å²) in [7, 11) is 0. The Bertz CT molecular complexity index is 1270. The first-order chi connectivity index (χ1) is 15.8. The van der Waals surface area contributed by atoms with Crippen LogP contribution in [0.4, 0.5) is 0 Å². The number of rotatable bonds is 3. The van der Waals surface area contributed by atoms with Crippen molar-refractivity contribution in [3.63, 3.8) is 0 Å². The first-order valence-electron chi connectivity index (χ1n) is 10.1. The number of hydrogen-bond donors (Lipinski definition) is 1. The highest BCUT2D eigenvalue weighted by Crippen LogP contribution is 2.57. The number of benzene rings is 3. The van der Waals surface area contributed by atoms with Crippen LogP contribution < -0.4 is 14.2 Å². The van der Waals surface area contributed by atoms with Crippen LogP contribution in [-0.2, 0) is 26.5 Å². The summed E-state index contributed by atoms with van der Waals surface area (Å²) in [5.41, 5.74) is 1.94. The average molecular weight is 446 g/mol. The van der Waals surface area contributed by atoms with Gasteiger partial charge < -0.3 is 24.1 Å². The lowest BCUT2D eigenvalue weighted by Crippen LogP contribution is -2.32. The van der Waals surface area contributed by atoms with Crippen LogP contribution in [0.5, 0.6) is 23.0 Å². The van der Waals surface area contributed by atoms with Gasteiger partial charge in [-0.2, -0.15) is 0 Å². The van der Waals surface area contributed by atoms with Crippen molar-refractivity contribution in [3.05, 3.63) is 82.4 Å². The van der Waals surface area contributed by atoms with E-state index in [2.05, 4.69) is 0 Å². The molecule has 33 heavy (non-hydrogen) atoms. The molecule has 0 atom stereocenters. The van der Waals surface area contributed by atoms with Crippen molar-refractivity contribution in [1.82, 2.24) is 0 Å². The van der Waals surface area contributed by atoms with Crippen LogP contribution in [0, 0.1) is 0 Å². The van der Waals surface area contributed by atoms with E-state index in [4.69, 9.17) is 18.9 Å². The molecule has 3 aromatic rings. The summed E-state index contributed by atoms with van der Waals surface area (Å²) >= 11 is 0. The molecule has 0 saturated heterocycles. The van der Waals surface area contributed by atoms with E-state index in [0.29, 0.717) is 34.1 Å². The second-order valence-corrected chi connectivity index (χ2v) is 7.75. The molecule has 5 rings (SSSR count). The van der Waals surface area contributed by atoms with Gasteiger partial charge >= 0.3 is 17.9 Å². The summed E-state index contributed by atoms with van der Waals surface area (Å²) in [5.74, 6) is -0.564. The van der Waals surface area contributed by atoms with Gasteiger partial charge in [-0.25, -0.2) is 4.79 Å². The predicted octanol–water partition coefficient (Wildman–Crippen LogP) is 4.16. The Kier molecular flexibility index (Phi) is 4.68. The van der Waals surface area contributed by atoms with Crippen molar-refractivity contribution in [2.75, 3.05) is 0 Å². The maximum Gasteiger partial charge on any atom is 0.335 e. The van der Waals surface area contributed by atoms with E-state index in [-0.39, 0.29) is 12.2 Å². The Hall–Kier alpha value is -4.17. The topological polar surface area (TPSA) is 108 Å². The first-order valence-corrected chi connectivity index (χ1v) is 10.1. The Morgan fingerprint density at radius 2 is 1.36 bits per heavy atom.